The minimum atomic E-state index is 0.261. The lowest BCUT2D eigenvalue weighted by Crippen LogP contribution is -2.18. The van der Waals surface area contributed by atoms with Crippen molar-refractivity contribution < 1.29 is 4.42 Å². The summed E-state index contributed by atoms with van der Waals surface area (Å²) in [5.41, 5.74) is 5.65. The zero-order valence-electron chi connectivity index (χ0n) is 9.15. The Balaban J connectivity index is 2.24. The summed E-state index contributed by atoms with van der Waals surface area (Å²) in [6, 6.07) is 5.29. The molecule has 0 aliphatic heterocycles. The Morgan fingerprint density at radius 1 is 1.41 bits per heavy atom. The maximum absolute atomic E-state index is 6.06. The highest BCUT2D eigenvalue weighted by Crippen LogP contribution is 2.30. The molecule has 0 aromatic carbocycles. The first-order chi connectivity index (χ1) is 8.08. The zero-order valence-corrected chi connectivity index (χ0v) is 10.7. The second kappa shape index (κ2) is 4.85. The van der Waals surface area contributed by atoms with E-state index >= 15 is 0 Å². The van der Waals surface area contributed by atoms with Crippen molar-refractivity contribution in [2.45, 2.75) is 6.54 Å². The van der Waals surface area contributed by atoms with Crippen molar-refractivity contribution in [2.75, 3.05) is 17.7 Å². The molecule has 0 radical (unpaired) electrons. The molecule has 0 saturated heterocycles. The molecular weight excluding hydrogens is 261 g/mol. The van der Waals surface area contributed by atoms with E-state index in [9.17, 15) is 0 Å². The quantitative estimate of drug-likeness (QED) is 0.932. The van der Waals surface area contributed by atoms with Crippen molar-refractivity contribution in [3.63, 3.8) is 0 Å². The van der Waals surface area contributed by atoms with Crippen molar-refractivity contribution in [3.05, 3.63) is 40.3 Å². The van der Waals surface area contributed by atoms with Crippen LogP contribution in [-0.2, 0) is 6.54 Å². The van der Waals surface area contributed by atoms with E-state index in [1.165, 1.54) is 0 Å². The second-order valence-corrected chi connectivity index (χ2v) is 4.41. The van der Waals surface area contributed by atoms with Crippen molar-refractivity contribution in [1.82, 2.24) is 4.98 Å². The fraction of sp³-hybridized carbons (Fsp3) is 0.182. The lowest BCUT2D eigenvalue weighted by atomic mass is 10.3. The Morgan fingerprint density at radius 3 is 2.82 bits per heavy atom. The standard InChI is InChI=1S/C11H11Cl2N3O/c1-16(6-7-3-2-4-17-7)11-9(13)5-8(12)10(14)15-11/h2-5H,6H2,1H3,(H2,14,15). The normalized spacial score (nSPS) is 10.5. The molecule has 0 bridgehead atoms. The van der Waals surface area contributed by atoms with Crippen LogP contribution in [0.1, 0.15) is 5.76 Å². The van der Waals surface area contributed by atoms with Crippen molar-refractivity contribution >= 4 is 34.8 Å². The van der Waals surface area contributed by atoms with Gasteiger partial charge in [-0.05, 0) is 18.2 Å². The van der Waals surface area contributed by atoms with Gasteiger partial charge in [-0.25, -0.2) is 4.98 Å². The highest BCUT2D eigenvalue weighted by molar-refractivity contribution is 6.37. The first-order valence-electron chi connectivity index (χ1n) is 4.93. The zero-order chi connectivity index (χ0) is 12.4. The van der Waals surface area contributed by atoms with Crippen molar-refractivity contribution in [2.24, 2.45) is 0 Å². The number of nitrogens with two attached hydrogens (primary N) is 1. The molecule has 0 aliphatic rings. The van der Waals surface area contributed by atoms with E-state index in [0.717, 1.165) is 5.76 Å². The second-order valence-electron chi connectivity index (χ2n) is 3.60. The fourth-order valence-electron chi connectivity index (χ4n) is 1.45. The summed E-state index contributed by atoms with van der Waals surface area (Å²) < 4.78 is 5.25. The van der Waals surface area contributed by atoms with Gasteiger partial charge in [0.15, 0.2) is 0 Å². The highest BCUT2D eigenvalue weighted by atomic mass is 35.5. The van der Waals surface area contributed by atoms with Crippen LogP contribution in [0.25, 0.3) is 0 Å². The van der Waals surface area contributed by atoms with Crippen LogP contribution in [0.15, 0.2) is 28.9 Å². The number of furan rings is 1. The summed E-state index contributed by atoms with van der Waals surface area (Å²) >= 11 is 11.9. The maximum Gasteiger partial charge on any atom is 0.150 e. The summed E-state index contributed by atoms with van der Waals surface area (Å²) in [5.74, 6) is 1.65. The van der Waals surface area contributed by atoms with E-state index in [2.05, 4.69) is 4.98 Å². The number of aromatic nitrogens is 1. The monoisotopic (exact) mass is 271 g/mol. The molecule has 0 amide bonds. The number of pyridine rings is 1. The van der Waals surface area contributed by atoms with Gasteiger partial charge in [-0.3, -0.25) is 0 Å². The van der Waals surface area contributed by atoms with Gasteiger partial charge in [-0.1, -0.05) is 23.2 Å². The molecule has 17 heavy (non-hydrogen) atoms. The third-order valence-electron chi connectivity index (χ3n) is 2.27. The van der Waals surface area contributed by atoms with Gasteiger partial charge in [-0.2, -0.15) is 0 Å². The van der Waals surface area contributed by atoms with Gasteiger partial charge < -0.3 is 15.1 Å². The molecule has 0 spiro atoms. The predicted octanol–water partition coefficient (Wildman–Crippen LogP) is 3.20. The van der Waals surface area contributed by atoms with Gasteiger partial charge in [0, 0.05) is 7.05 Å². The molecule has 2 aromatic rings. The molecule has 2 rings (SSSR count). The van der Waals surface area contributed by atoms with Crippen LogP contribution in [0.2, 0.25) is 10.0 Å². The average molecular weight is 272 g/mol. The summed E-state index contributed by atoms with van der Waals surface area (Å²) in [7, 11) is 1.85. The minimum Gasteiger partial charge on any atom is -0.467 e. The van der Waals surface area contributed by atoms with E-state index in [-0.39, 0.29) is 5.82 Å². The van der Waals surface area contributed by atoms with Crippen LogP contribution in [0.4, 0.5) is 11.6 Å². The third-order valence-corrected chi connectivity index (χ3v) is 2.85. The van der Waals surface area contributed by atoms with Crippen LogP contribution in [0.5, 0.6) is 0 Å². The SMILES string of the molecule is CN(Cc1ccco1)c1nc(N)c(Cl)cc1Cl. The van der Waals surface area contributed by atoms with Crippen molar-refractivity contribution in [1.29, 1.82) is 0 Å². The van der Waals surface area contributed by atoms with Crippen molar-refractivity contribution in [3.8, 4) is 0 Å². The van der Waals surface area contributed by atoms with Crippen LogP contribution < -0.4 is 10.6 Å². The third kappa shape index (κ3) is 2.65. The van der Waals surface area contributed by atoms with Crippen LogP contribution in [0.3, 0.4) is 0 Å². The number of rotatable bonds is 3. The Bertz CT molecular complexity index is 514. The van der Waals surface area contributed by atoms with E-state index in [1.807, 2.05) is 24.1 Å². The molecule has 90 valence electrons. The predicted molar refractivity (Wildman–Crippen MR) is 69.5 cm³/mol. The van der Waals surface area contributed by atoms with Gasteiger partial charge in [0.05, 0.1) is 22.9 Å². The largest absolute Gasteiger partial charge is 0.467 e. The number of nitrogens with zero attached hydrogens (tertiary/aromatic N) is 2. The number of anilines is 2. The Hall–Kier alpha value is -1.39. The first-order valence-corrected chi connectivity index (χ1v) is 5.68. The lowest BCUT2D eigenvalue weighted by Gasteiger charge is -2.18. The summed E-state index contributed by atoms with van der Waals surface area (Å²) in [6.07, 6.45) is 1.62. The molecule has 6 heteroatoms. The van der Waals surface area contributed by atoms with Gasteiger partial charge in [0.2, 0.25) is 0 Å². The van der Waals surface area contributed by atoms with Gasteiger partial charge in [-0.15, -0.1) is 0 Å². The molecule has 0 unspecified atom stereocenters. The first kappa shape index (κ1) is 12.1. The van der Waals surface area contributed by atoms with E-state index in [4.69, 9.17) is 33.4 Å². The van der Waals surface area contributed by atoms with E-state index in [1.54, 1.807) is 12.3 Å². The highest BCUT2D eigenvalue weighted by Gasteiger charge is 2.12. The summed E-state index contributed by atoms with van der Waals surface area (Å²) in [5, 5.41) is 0.809. The Kier molecular flexibility index (Phi) is 3.45. The molecule has 0 fully saturated rings. The van der Waals surface area contributed by atoms with Crippen LogP contribution in [-0.4, -0.2) is 12.0 Å². The lowest BCUT2D eigenvalue weighted by molar-refractivity contribution is 0.507. The molecular formula is C11H11Cl2N3O. The summed E-state index contributed by atoms with van der Waals surface area (Å²) in [4.78, 5) is 5.99. The molecule has 2 aromatic heterocycles. The summed E-state index contributed by atoms with van der Waals surface area (Å²) in [6.45, 7) is 0.556. The molecule has 0 aliphatic carbocycles. The fourth-order valence-corrected chi connectivity index (χ4v) is 1.95. The molecule has 0 atom stereocenters. The average Bonchev–Trinajstić information content (AvgIpc) is 2.76. The molecule has 2 heterocycles. The maximum atomic E-state index is 6.06. The van der Waals surface area contributed by atoms with E-state index < -0.39 is 0 Å². The Morgan fingerprint density at radius 2 is 2.18 bits per heavy atom. The number of halogens is 2. The number of hydrogen-bond acceptors (Lipinski definition) is 4. The molecule has 4 nitrogen and oxygen atoms in total. The van der Waals surface area contributed by atoms with E-state index in [0.29, 0.717) is 22.4 Å². The van der Waals surface area contributed by atoms with Gasteiger partial charge >= 0.3 is 0 Å². The van der Waals surface area contributed by atoms with Gasteiger partial charge in [0.25, 0.3) is 0 Å². The number of hydrogen-bond donors (Lipinski definition) is 1. The van der Waals surface area contributed by atoms with Gasteiger partial charge in [0.1, 0.15) is 17.4 Å². The minimum absolute atomic E-state index is 0.261. The number of nitrogen functional groups attached to an aromatic ring is 1. The van der Waals surface area contributed by atoms with Crippen LogP contribution >= 0.6 is 23.2 Å². The smallest absolute Gasteiger partial charge is 0.150 e. The molecule has 0 saturated carbocycles. The Labute approximate surface area is 109 Å². The molecule has 2 N–H and O–H groups in total. The van der Waals surface area contributed by atoms with Crippen LogP contribution in [0, 0.1) is 0 Å². The topological polar surface area (TPSA) is 55.3 Å².